The monoisotopic (exact) mass is 378 g/mol. The van der Waals surface area contributed by atoms with Crippen molar-refractivity contribution in [2.45, 2.75) is 11.4 Å². The summed E-state index contributed by atoms with van der Waals surface area (Å²) in [5.41, 5.74) is 8.94. The van der Waals surface area contributed by atoms with E-state index in [1.165, 1.54) is 0 Å². The normalized spacial score (nSPS) is 13.3. The van der Waals surface area contributed by atoms with Crippen LogP contribution in [0.2, 0.25) is 0 Å². The molecule has 0 bridgehead atoms. The van der Waals surface area contributed by atoms with E-state index in [1.807, 2.05) is 42.5 Å². The van der Waals surface area contributed by atoms with Crippen LogP contribution in [0.5, 0.6) is 0 Å². The molecule has 27 heavy (non-hydrogen) atoms. The Labute approximate surface area is 160 Å². The van der Waals surface area contributed by atoms with Crippen LogP contribution in [0.4, 0.5) is 0 Å². The lowest BCUT2D eigenvalue weighted by molar-refractivity contribution is 0.0997. The Kier molecular flexibility index (Phi) is 5.44. The maximum atomic E-state index is 13.3. The van der Waals surface area contributed by atoms with Crippen molar-refractivity contribution in [3.63, 3.8) is 0 Å². The van der Waals surface area contributed by atoms with Crippen LogP contribution in [-0.2, 0) is 16.3 Å². The van der Waals surface area contributed by atoms with E-state index in [4.69, 9.17) is 5.73 Å². The standard InChI is InChI=1S/C22H22N2O2S/c1-24(27(2,26)21-11-7-6-10-20(21)22(23)25)16-17-12-14-19(15-13-17)18-8-4-3-5-9-18/h3-15H,2,16H2,1H3,(H2,23,25). The van der Waals surface area contributed by atoms with Crippen LogP contribution in [-0.4, -0.2) is 27.3 Å². The molecule has 0 fully saturated rings. The lowest BCUT2D eigenvalue weighted by Crippen LogP contribution is -2.28. The topological polar surface area (TPSA) is 63.4 Å². The Bertz CT molecular complexity index is 1040. The lowest BCUT2D eigenvalue weighted by atomic mass is 10.0. The third-order valence-corrected chi connectivity index (χ3v) is 6.65. The Hall–Kier alpha value is -2.89. The van der Waals surface area contributed by atoms with Gasteiger partial charge >= 0.3 is 0 Å². The predicted molar refractivity (Wildman–Crippen MR) is 112 cm³/mol. The van der Waals surface area contributed by atoms with Gasteiger partial charge in [0.1, 0.15) is 0 Å². The van der Waals surface area contributed by atoms with Gasteiger partial charge in [-0.25, -0.2) is 8.51 Å². The Morgan fingerprint density at radius 3 is 2.11 bits per heavy atom. The zero-order valence-electron chi connectivity index (χ0n) is 15.2. The molecule has 4 nitrogen and oxygen atoms in total. The maximum absolute atomic E-state index is 13.3. The molecule has 1 unspecified atom stereocenters. The highest BCUT2D eigenvalue weighted by atomic mass is 32.2. The van der Waals surface area contributed by atoms with Gasteiger partial charge in [-0.05, 0) is 41.7 Å². The molecule has 1 amide bonds. The minimum Gasteiger partial charge on any atom is -0.366 e. The van der Waals surface area contributed by atoms with E-state index in [2.05, 4.69) is 18.0 Å². The maximum Gasteiger partial charge on any atom is 0.249 e. The van der Waals surface area contributed by atoms with E-state index in [1.54, 1.807) is 35.6 Å². The van der Waals surface area contributed by atoms with Gasteiger partial charge in [0.2, 0.25) is 5.91 Å². The average Bonchev–Trinajstić information content (AvgIpc) is 2.69. The molecule has 5 heteroatoms. The molecule has 0 spiro atoms. The average molecular weight is 378 g/mol. The second kappa shape index (κ2) is 7.78. The van der Waals surface area contributed by atoms with E-state index in [-0.39, 0.29) is 5.56 Å². The minimum absolute atomic E-state index is 0.240. The number of rotatable bonds is 6. The molecule has 0 radical (unpaired) electrons. The van der Waals surface area contributed by atoms with Crippen molar-refractivity contribution in [1.82, 2.24) is 4.31 Å². The molecule has 3 aromatic carbocycles. The summed E-state index contributed by atoms with van der Waals surface area (Å²) in [6.45, 7) is 0.435. The molecule has 0 saturated carbocycles. The first kappa shape index (κ1) is 18.9. The summed E-state index contributed by atoms with van der Waals surface area (Å²) in [6.07, 6.45) is 0. The summed E-state index contributed by atoms with van der Waals surface area (Å²) in [6, 6.07) is 24.9. The summed E-state index contributed by atoms with van der Waals surface area (Å²) in [7, 11) is -1.11. The highest BCUT2D eigenvalue weighted by Crippen LogP contribution is 2.23. The second-order valence-corrected chi connectivity index (χ2v) is 8.69. The number of nitrogens with two attached hydrogens (primary N) is 1. The molecule has 0 aromatic heterocycles. The fraction of sp³-hybridized carbons (Fsp3) is 0.0909. The fourth-order valence-electron chi connectivity index (χ4n) is 2.91. The molecule has 1 atom stereocenters. The van der Waals surface area contributed by atoms with Crippen LogP contribution in [0.3, 0.4) is 0 Å². The molecular formula is C22H22N2O2S. The van der Waals surface area contributed by atoms with E-state index in [9.17, 15) is 9.00 Å². The third-order valence-electron chi connectivity index (χ3n) is 4.47. The zero-order chi connectivity index (χ0) is 19.4. The van der Waals surface area contributed by atoms with Crippen LogP contribution in [0, 0.1) is 0 Å². The van der Waals surface area contributed by atoms with Crippen LogP contribution >= 0.6 is 0 Å². The molecule has 0 aliphatic heterocycles. The molecule has 0 heterocycles. The highest BCUT2D eigenvalue weighted by molar-refractivity contribution is 7.98. The van der Waals surface area contributed by atoms with Gasteiger partial charge in [0.15, 0.2) is 0 Å². The van der Waals surface area contributed by atoms with Crippen molar-refractivity contribution in [3.05, 3.63) is 90.0 Å². The number of hydrogen-bond acceptors (Lipinski definition) is 2. The van der Waals surface area contributed by atoms with Gasteiger partial charge in [0, 0.05) is 6.54 Å². The Balaban J connectivity index is 1.83. The van der Waals surface area contributed by atoms with E-state index in [0.717, 1.165) is 16.7 Å². The van der Waals surface area contributed by atoms with Crippen LogP contribution in [0.25, 0.3) is 11.1 Å². The fourth-order valence-corrected chi connectivity index (χ4v) is 4.41. The van der Waals surface area contributed by atoms with E-state index in [0.29, 0.717) is 11.4 Å². The zero-order valence-corrected chi connectivity index (χ0v) is 16.0. The number of benzene rings is 3. The van der Waals surface area contributed by atoms with Crippen LogP contribution in [0.1, 0.15) is 15.9 Å². The molecule has 0 saturated heterocycles. The van der Waals surface area contributed by atoms with Gasteiger partial charge in [0.25, 0.3) is 0 Å². The van der Waals surface area contributed by atoms with Gasteiger partial charge in [0.05, 0.1) is 20.2 Å². The first-order valence-electron chi connectivity index (χ1n) is 8.51. The molecular weight excluding hydrogens is 356 g/mol. The molecule has 3 rings (SSSR count). The number of carbonyl (C=O) groups excluding carboxylic acids is 1. The van der Waals surface area contributed by atoms with Crippen molar-refractivity contribution in [2.75, 3.05) is 7.05 Å². The van der Waals surface area contributed by atoms with Crippen molar-refractivity contribution < 1.29 is 9.00 Å². The molecule has 0 aliphatic carbocycles. The molecule has 2 N–H and O–H groups in total. The minimum atomic E-state index is -2.84. The first-order chi connectivity index (χ1) is 12.9. The van der Waals surface area contributed by atoms with Crippen molar-refractivity contribution in [3.8, 4) is 11.1 Å². The van der Waals surface area contributed by atoms with Crippen LogP contribution in [0.15, 0.2) is 83.8 Å². The predicted octanol–water partition coefficient (Wildman–Crippen LogP) is 3.57. The number of primary amides is 1. The van der Waals surface area contributed by atoms with Crippen molar-refractivity contribution in [1.29, 1.82) is 0 Å². The number of nitrogens with zero attached hydrogens (tertiary/aromatic N) is 1. The van der Waals surface area contributed by atoms with Crippen molar-refractivity contribution in [2.24, 2.45) is 5.73 Å². The lowest BCUT2D eigenvalue weighted by Gasteiger charge is -2.23. The van der Waals surface area contributed by atoms with E-state index >= 15 is 0 Å². The first-order valence-corrected chi connectivity index (χ1v) is 10.2. The molecule has 0 aliphatic rings. The highest BCUT2D eigenvalue weighted by Gasteiger charge is 2.20. The molecule has 138 valence electrons. The Morgan fingerprint density at radius 2 is 1.48 bits per heavy atom. The molecule has 3 aromatic rings. The number of hydrogen-bond donors (Lipinski definition) is 1. The summed E-state index contributed by atoms with van der Waals surface area (Å²) in [5.74, 6) is 3.28. The summed E-state index contributed by atoms with van der Waals surface area (Å²) in [4.78, 5) is 12.0. The van der Waals surface area contributed by atoms with Gasteiger partial charge in [-0.3, -0.25) is 4.79 Å². The number of carbonyl (C=O) groups is 1. The second-order valence-electron chi connectivity index (χ2n) is 6.35. The van der Waals surface area contributed by atoms with E-state index < -0.39 is 15.6 Å². The number of amides is 1. The summed E-state index contributed by atoms with van der Waals surface area (Å²) < 4.78 is 15.0. The largest absolute Gasteiger partial charge is 0.366 e. The van der Waals surface area contributed by atoms with Crippen LogP contribution < -0.4 is 5.73 Å². The van der Waals surface area contributed by atoms with Gasteiger partial charge < -0.3 is 5.73 Å². The van der Waals surface area contributed by atoms with Gasteiger partial charge in [-0.15, -0.1) is 0 Å². The smallest absolute Gasteiger partial charge is 0.249 e. The quantitative estimate of drug-likeness (QED) is 0.667. The van der Waals surface area contributed by atoms with Gasteiger partial charge in [-0.1, -0.05) is 66.7 Å². The summed E-state index contributed by atoms with van der Waals surface area (Å²) in [5, 5.41) is 0. The SMILES string of the molecule is C=S(=O)(c1ccccc1C(N)=O)N(C)Cc1ccc(-c2ccccc2)cc1. The Morgan fingerprint density at radius 1 is 0.926 bits per heavy atom. The third kappa shape index (κ3) is 4.10. The van der Waals surface area contributed by atoms with Crippen molar-refractivity contribution >= 4 is 21.5 Å². The summed E-state index contributed by atoms with van der Waals surface area (Å²) >= 11 is 0. The van der Waals surface area contributed by atoms with Gasteiger partial charge in [-0.2, -0.15) is 0 Å².